The molecule has 0 aromatic rings. The van der Waals surface area contributed by atoms with Gasteiger partial charge < -0.3 is 15.5 Å². The van der Waals surface area contributed by atoms with Crippen LogP contribution in [0.25, 0.3) is 0 Å². The molecule has 0 aromatic heterocycles. The van der Waals surface area contributed by atoms with Gasteiger partial charge in [0.05, 0.1) is 18.8 Å². The van der Waals surface area contributed by atoms with Crippen LogP contribution in [0.15, 0.2) is 36.5 Å². The van der Waals surface area contributed by atoms with Crippen LogP contribution in [0.4, 0.5) is 0 Å². The van der Waals surface area contributed by atoms with Crippen molar-refractivity contribution in [3.63, 3.8) is 0 Å². The molecule has 0 fully saturated rings. The number of carbonyl (C=O) groups is 1. The number of carbonyl (C=O) groups excluding carboxylic acids is 1. The summed E-state index contributed by atoms with van der Waals surface area (Å²) in [6.07, 6.45) is 61.2. The number of hydrogen-bond donors (Lipinski definition) is 3. The van der Waals surface area contributed by atoms with E-state index in [2.05, 4.69) is 43.5 Å². The van der Waals surface area contributed by atoms with E-state index >= 15 is 0 Å². The van der Waals surface area contributed by atoms with Crippen LogP contribution in [-0.4, -0.2) is 34.9 Å². The predicted molar refractivity (Wildman–Crippen MR) is 239 cm³/mol. The molecule has 4 heteroatoms. The van der Waals surface area contributed by atoms with Gasteiger partial charge in [0, 0.05) is 6.42 Å². The van der Waals surface area contributed by atoms with Crippen LogP contribution < -0.4 is 5.32 Å². The zero-order valence-corrected chi connectivity index (χ0v) is 36.5. The Bertz CT molecular complexity index is 821. The van der Waals surface area contributed by atoms with Gasteiger partial charge in [-0.05, 0) is 51.4 Å². The van der Waals surface area contributed by atoms with Crippen LogP contribution in [0.1, 0.15) is 258 Å². The fourth-order valence-corrected chi connectivity index (χ4v) is 7.39. The Kier molecular flexibility index (Phi) is 44.8. The molecule has 0 bridgehead atoms. The molecular formula is C50H95NO3. The summed E-state index contributed by atoms with van der Waals surface area (Å²) in [5, 5.41) is 23.1. The van der Waals surface area contributed by atoms with Crippen molar-refractivity contribution < 1.29 is 15.0 Å². The lowest BCUT2D eigenvalue weighted by molar-refractivity contribution is -0.123. The highest BCUT2D eigenvalue weighted by molar-refractivity contribution is 5.76. The van der Waals surface area contributed by atoms with Crippen LogP contribution in [0.3, 0.4) is 0 Å². The van der Waals surface area contributed by atoms with Gasteiger partial charge in [0.25, 0.3) is 0 Å². The average Bonchev–Trinajstić information content (AvgIpc) is 3.18. The first-order valence-corrected chi connectivity index (χ1v) is 24.2. The van der Waals surface area contributed by atoms with Crippen molar-refractivity contribution in [3.8, 4) is 0 Å². The summed E-state index contributed by atoms with van der Waals surface area (Å²) < 4.78 is 0. The lowest BCUT2D eigenvalue weighted by Gasteiger charge is -2.20. The van der Waals surface area contributed by atoms with Crippen LogP contribution in [-0.2, 0) is 4.79 Å². The summed E-state index contributed by atoms with van der Waals surface area (Å²) in [4.78, 5) is 12.4. The molecular weight excluding hydrogens is 663 g/mol. The van der Waals surface area contributed by atoms with Crippen molar-refractivity contribution >= 4 is 5.91 Å². The number of amides is 1. The number of aliphatic hydroxyl groups is 2. The van der Waals surface area contributed by atoms with Crippen molar-refractivity contribution in [1.29, 1.82) is 0 Å². The Hall–Kier alpha value is -1.39. The molecule has 0 saturated heterocycles. The summed E-state index contributed by atoms with van der Waals surface area (Å²) in [7, 11) is 0. The zero-order chi connectivity index (χ0) is 39.3. The molecule has 0 saturated carbocycles. The van der Waals surface area contributed by atoms with Crippen molar-refractivity contribution in [1.82, 2.24) is 5.32 Å². The van der Waals surface area contributed by atoms with E-state index in [9.17, 15) is 15.0 Å². The maximum Gasteiger partial charge on any atom is 0.220 e. The molecule has 0 radical (unpaired) electrons. The van der Waals surface area contributed by atoms with Gasteiger partial charge in [0.1, 0.15) is 0 Å². The topological polar surface area (TPSA) is 69.6 Å². The Morgan fingerprint density at radius 3 is 1.11 bits per heavy atom. The third kappa shape index (κ3) is 41.8. The highest BCUT2D eigenvalue weighted by Crippen LogP contribution is 2.15. The van der Waals surface area contributed by atoms with Crippen molar-refractivity contribution in [2.75, 3.05) is 6.61 Å². The summed E-state index contributed by atoms with van der Waals surface area (Å²) >= 11 is 0. The minimum Gasteiger partial charge on any atom is -0.394 e. The average molecular weight is 758 g/mol. The molecule has 318 valence electrons. The van der Waals surface area contributed by atoms with Crippen molar-refractivity contribution in [2.24, 2.45) is 0 Å². The van der Waals surface area contributed by atoms with E-state index in [1.807, 2.05) is 6.08 Å². The van der Waals surface area contributed by atoms with E-state index in [1.165, 1.54) is 205 Å². The van der Waals surface area contributed by atoms with Crippen LogP contribution in [0.2, 0.25) is 0 Å². The lowest BCUT2D eigenvalue weighted by atomic mass is 10.0. The number of allylic oxidation sites excluding steroid dienone is 5. The van der Waals surface area contributed by atoms with E-state index in [0.717, 1.165) is 32.1 Å². The van der Waals surface area contributed by atoms with Gasteiger partial charge in [-0.3, -0.25) is 4.79 Å². The fourth-order valence-electron chi connectivity index (χ4n) is 7.39. The largest absolute Gasteiger partial charge is 0.394 e. The molecule has 0 aliphatic heterocycles. The first-order chi connectivity index (χ1) is 26.7. The molecule has 2 unspecified atom stereocenters. The molecule has 1 amide bonds. The summed E-state index contributed by atoms with van der Waals surface area (Å²) in [6, 6.07) is -0.624. The maximum absolute atomic E-state index is 12.4. The lowest BCUT2D eigenvalue weighted by Crippen LogP contribution is -2.45. The Labute approximate surface area is 338 Å². The fraction of sp³-hybridized carbons (Fsp3) is 0.860. The Morgan fingerprint density at radius 1 is 0.444 bits per heavy atom. The molecule has 0 rings (SSSR count). The molecule has 0 spiro atoms. The standard InChI is InChI=1S/C50H95NO3/c1-3-5-7-9-11-13-15-17-19-21-22-23-24-25-26-27-28-30-32-34-36-38-40-42-44-46-50(54)51-48(47-52)49(53)45-43-41-39-37-35-33-31-29-20-18-16-14-12-10-8-6-4-2/h22-23,25-26,43,45,48-49,52-53H,3-21,24,27-42,44,46-47H2,1-2H3,(H,51,54)/b23-22-,26-25-,45-43+. The molecule has 0 aromatic carbocycles. The number of aliphatic hydroxyl groups excluding tert-OH is 2. The maximum atomic E-state index is 12.4. The summed E-state index contributed by atoms with van der Waals surface area (Å²) in [5.41, 5.74) is 0. The van der Waals surface area contributed by atoms with Gasteiger partial charge in [-0.2, -0.15) is 0 Å². The number of hydrogen-bond acceptors (Lipinski definition) is 3. The number of unbranched alkanes of at least 4 members (excludes halogenated alkanes) is 33. The quantitative estimate of drug-likeness (QED) is 0.0428. The Balaban J connectivity index is 3.54. The highest BCUT2D eigenvalue weighted by atomic mass is 16.3. The second-order valence-corrected chi connectivity index (χ2v) is 16.5. The molecule has 3 N–H and O–H groups in total. The smallest absolute Gasteiger partial charge is 0.220 e. The molecule has 54 heavy (non-hydrogen) atoms. The second-order valence-electron chi connectivity index (χ2n) is 16.5. The van der Waals surface area contributed by atoms with E-state index in [4.69, 9.17) is 0 Å². The first-order valence-electron chi connectivity index (χ1n) is 24.2. The van der Waals surface area contributed by atoms with Crippen molar-refractivity contribution in [3.05, 3.63) is 36.5 Å². The number of nitrogens with one attached hydrogen (secondary N) is 1. The third-order valence-corrected chi connectivity index (χ3v) is 11.1. The van der Waals surface area contributed by atoms with Gasteiger partial charge in [-0.25, -0.2) is 0 Å². The zero-order valence-electron chi connectivity index (χ0n) is 36.5. The van der Waals surface area contributed by atoms with Crippen LogP contribution >= 0.6 is 0 Å². The summed E-state index contributed by atoms with van der Waals surface area (Å²) in [5.74, 6) is -0.0666. The minimum atomic E-state index is -0.840. The number of rotatable bonds is 44. The summed E-state index contributed by atoms with van der Waals surface area (Å²) in [6.45, 7) is 4.32. The second kappa shape index (κ2) is 46.0. The first kappa shape index (κ1) is 52.6. The highest BCUT2D eigenvalue weighted by Gasteiger charge is 2.17. The molecule has 0 aliphatic carbocycles. The monoisotopic (exact) mass is 758 g/mol. The van der Waals surface area contributed by atoms with E-state index in [-0.39, 0.29) is 12.5 Å². The van der Waals surface area contributed by atoms with Gasteiger partial charge >= 0.3 is 0 Å². The van der Waals surface area contributed by atoms with Gasteiger partial charge in [-0.1, -0.05) is 237 Å². The van der Waals surface area contributed by atoms with Gasteiger partial charge in [0.15, 0.2) is 0 Å². The molecule has 0 aliphatic rings. The van der Waals surface area contributed by atoms with E-state index < -0.39 is 12.1 Å². The van der Waals surface area contributed by atoms with Gasteiger partial charge in [0.2, 0.25) is 5.91 Å². The predicted octanol–water partition coefficient (Wildman–Crippen LogP) is 15.4. The van der Waals surface area contributed by atoms with E-state index in [1.54, 1.807) is 6.08 Å². The van der Waals surface area contributed by atoms with Crippen molar-refractivity contribution in [2.45, 2.75) is 270 Å². The SMILES string of the molecule is CCCCCCCCCCC/C=C\C/C=C\CCCCCCCCCCCC(=O)NC(CO)C(O)/C=C/CCCCCCCCCCCCCCCCC. The minimum absolute atomic E-state index is 0.0666. The van der Waals surface area contributed by atoms with E-state index in [0.29, 0.717) is 6.42 Å². The van der Waals surface area contributed by atoms with Crippen LogP contribution in [0.5, 0.6) is 0 Å². The Morgan fingerprint density at radius 2 is 0.759 bits per heavy atom. The normalized spacial score (nSPS) is 13.2. The molecule has 0 heterocycles. The molecule has 2 atom stereocenters. The van der Waals surface area contributed by atoms with Gasteiger partial charge in [-0.15, -0.1) is 0 Å². The molecule has 4 nitrogen and oxygen atoms in total. The third-order valence-electron chi connectivity index (χ3n) is 11.1. The van der Waals surface area contributed by atoms with Crippen LogP contribution in [0, 0.1) is 0 Å².